The number of methoxy groups -OCH3 is 1. The molecule has 25 heavy (non-hydrogen) atoms. The minimum absolute atomic E-state index is 0.275. The zero-order valence-corrected chi connectivity index (χ0v) is 15.1. The lowest BCUT2D eigenvalue weighted by Gasteiger charge is -2.15. The normalized spacial score (nSPS) is 11.5. The van der Waals surface area contributed by atoms with E-state index >= 15 is 0 Å². The van der Waals surface area contributed by atoms with Gasteiger partial charge in [-0.25, -0.2) is 4.79 Å². The van der Waals surface area contributed by atoms with Crippen LogP contribution in [0.4, 0.5) is 0 Å². The van der Waals surface area contributed by atoms with Crippen LogP contribution in [-0.2, 0) is 9.53 Å². The van der Waals surface area contributed by atoms with E-state index in [-0.39, 0.29) is 10.8 Å². The Kier molecular flexibility index (Phi) is 6.67. The van der Waals surface area contributed by atoms with Crippen LogP contribution in [0.2, 0.25) is 10.0 Å². The van der Waals surface area contributed by atoms with Crippen molar-refractivity contribution in [1.82, 2.24) is 0 Å². The summed E-state index contributed by atoms with van der Waals surface area (Å²) in [7, 11) is 1.46. The number of ether oxygens (including phenoxy) is 3. The molecule has 0 heterocycles. The SMILES string of the molecule is COc1ccccc1C(=O)COC(=O)[C@H](C)Oc1ccc(Cl)cc1Cl. The van der Waals surface area contributed by atoms with Crippen LogP contribution in [0, 0.1) is 0 Å². The quantitative estimate of drug-likeness (QED) is 0.530. The van der Waals surface area contributed by atoms with Crippen molar-refractivity contribution in [2.24, 2.45) is 0 Å². The summed E-state index contributed by atoms with van der Waals surface area (Å²) < 4.78 is 15.6. The van der Waals surface area contributed by atoms with E-state index in [1.165, 1.54) is 20.1 Å². The molecule has 0 saturated carbocycles. The second-order valence-electron chi connectivity index (χ2n) is 5.07. The van der Waals surface area contributed by atoms with Gasteiger partial charge in [0.15, 0.2) is 12.7 Å². The third kappa shape index (κ3) is 5.11. The lowest BCUT2D eigenvalue weighted by Crippen LogP contribution is -2.28. The molecule has 5 nitrogen and oxygen atoms in total. The van der Waals surface area contributed by atoms with E-state index in [1.807, 2.05) is 0 Å². The molecule has 132 valence electrons. The fraction of sp³-hybridized carbons (Fsp3) is 0.222. The molecule has 0 fully saturated rings. The maximum atomic E-state index is 12.2. The first-order valence-electron chi connectivity index (χ1n) is 7.37. The van der Waals surface area contributed by atoms with Crippen molar-refractivity contribution in [1.29, 1.82) is 0 Å². The van der Waals surface area contributed by atoms with Gasteiger partial charge in [-0.15, -0.1) is 0 Å². The minimum Gasteiger partial charge on any atom is -0.496 e. The largest absolute Gasteiger partial charge is 0.496 e. The predicted octanol–water partition coefficient (Wildman–Crippen LogP) is 4.20. The number of benzene rings is 2. The fourth-order valence-electron chi connectivity index (χ4n) is 2.02. The van der Waals surface area contributed by atoms with Gasteiger partial charge < -0.3 is 14.2 Å². The Morgan fingerprint density at radius 2 is 1.80 bits per heavy atom. The number of hydrogen-bond donors (Lipinski definition) is 0. The first kappa shape index (κ1) is 19.1. The van der Waals surface area contributed by atoms with Crippen LogP contribution in [0.25, 0.3) is 0 Å². The van der Waals surface area contributed by atoms with Gasteiger partial charge in [0, 0.05) is 5.02 Å². The summed E-state index contributed by atoms with van der Waals surface area (Å²) in [5.41, 5.74) is 0.340. The molecule has 0 radical (unpaired) electrons. The van der Waals surface area contributed by atoms with Gasteiger partial charge in [-0.1, -0.05) is 35.3 Å². The van der Waals surface area contributed by atoms with Crippen molar-refractivity contribution in [2.75, 3.05) is 13.7 Å². The third-order valence-corrected chi connectivity index (χ3v) is 3.81. The van der Waals surface area contributed by atoms with Crippen molar-refractivity contribution in [3.05, 3.63) is 58.1 Å². The second kappa shape index (κ2) is 8.74. The monoisotopic (exact) mass is 382 g/mol. The van der Waals surface area contributed by atoms with Gasteiger partial charge >= 0.3 is 5.97 Å². The number of Topliss-reactive ketones (excluding diaryl/α,β-unsaturated/α-hetero) is 1. The highest BCUT2D eigenvalue weighted by atomic mass is 35.5. The maximum Gasteiger partial charge on any atom is 0.347 e. The minimum atomic E-state index is -0.941. The summed E-state index contributed by atoms with van der Waals surface area (Å²) in [5, 5.41) is 0.729. The zero-order valence-electron chi connectivity index (χ0n) is 13.6. The lowest BCUT2D eigenvalue weighted by atomic mass is 10.1. The maximum absolute atomic E-state index is 12.2. The van der Waals surface area contributed by atoms with Crippen molar-refractivity contribution >= 4 is 35.0 Å². The Morgan fingerprint density at radius 3 is 2.48 bits per heavy atom. The molecular formula is C18H16Cl2O5. The number of hydrogen-bond acceptors (Lipinski definition) is 5. The highest BCUT2D eigenvalue weighted by Gasteiger charge is 2.20. The van der Waals surface area contributed by atoms with Crippen molar-refractivity contribution in [3.63, 3.8) is 0 Å². The van der Waals surface area contributed by atoms with Crippen LogP contribution in [0.3, 0.4) is 0 Å². The summed E-state index contributed by atoms with van der Waals surface area (Å²) in [4.78, 5) is 24.2. The van der Waals surface area contributed by atoms with Crippen LogP contribution in [0.1, 0.15) is 17.3 Å². The molecular weight excluding hydrogens is 367 g/mol. The number of para-hydroxylation sites is 1. The van der Waals surface area contributed by atoms with Crippen molar-refractivity contribution < 1.29 is 23.8 Å². The number of rotatable bonds is 7. The van der Waals surface area contributed by atoms with Gasteiger partial charge in [0.2, 0.25) is 5.78 Å². The highest BCUT2D eigenvalue weighted by molar-refractivity contribution is 6.35. The molecule has 0 bridgehead atoms. The second-order valence-corrected chi connectivity index (χ2v) is 5.91. The van der Waals surface area contributed by atoms with Gasteiger partial charge in [-0.05, 0) is 37.3 Å². The molecule has 2 aromatic carbocycles. The van der Waals surface area contributed by atoms with Gasteiger partial charge in [0.25, 0.3) is 0 Å². The first-order chi connectivity index (χ1) is 11.9. The van der Waals surface area contributed by atoms with Gasteiger partial charge in [-0.2, -0.15) is 0 Å². The summed E-state index contributed by atoms with van der Waals surface area (Å²) in [6, 6.07) is 11.3. The summed E-state index contributed by atoms with van der Waals surface area (Å²) in [6.45, 7) is 1.09. The summed E-state index contributed by atoms with van der Waals surface area (Å²) in [5.74, 6) is -0.343. The average molecular weight is 383 g/mol. The van der Waals surface area contributed by atoms with Crippen LogP contribution >= 0.6 is 23.2 Å². The molecule has 1 atom stereocenters. The zero-order chi connectivity index (χ0) is 18.4. The van der Waals surface area contributed by atoms with Crippen LogP contribution in [0.15, 0.2) is 42.5 Å². The lowest BCUT2D eigenvalue weighted by molar-refractivity contribution is -0.149. The molecule has 0 aromatic heterocycles. The molecule has 0 unspecified atom stereocenters. The Morgan fingerprint density at radius 1 is 1.08 bits per heavy atom. The summed E-state index contributed by atoms with van der Waals surface area (Å²) in [6.07, 6.45) is -0.941. The standard InChI is InChI=1S/C18H16Cl2O5/c1-11(25-17-8-7-12(19)9-14(17)20)18(22)24-10-15(21)13-5-3-4-6-16(13)23-2/h3-9,11H,10H2,1-2H3/t11-/m0/s1. The highest BCUT2D eigenvalue weighted by Crippen LogP contribution is 2.28. The van der Waals surface area contributed by atoms with Crippen molar-refractivity contribution in [2.45, 2.75) is 13.0 Å². The van der Waals surface area contributed by atoms with Gasteiger partial charge in [0.1, 0.15) is 11.5 Å². The molecule has 2 rings (SSSR count). The molecule has 0 aliphatic carbocycles. The van der Waals surface area contributed by atoms with E-state index in [2.05, 4.69) is 0 Å². The first-order valence-corrected chi connectivity index (χ1v) is 8.12. The van der Waals surface area contributed by atoms with Crippen LogP contribution < -0.4 is 9.47 Å². The topological polar surface area (TPSA) is 61.8 Å². The molecule has 0 saturated heterocycles. The Bertz CT molecular complexity index is 776. The number of carbonyl (C=O) groups excluding carboxylic acids is 2. The van der Waals surface area contributed by atoms with E-state index in [0.717, 1.165) is 0 Å². The molecule has 2 aromatic rings. The number of ketones is 1. The van der Waals surface area contributed by atoms with Gasteiger partial charge in [0.05, 0.1) is 17.7 Å². The van der Waals surface area contributed by atoms with E-state index in [4.69, 9.17) is 37.4 Å². The Labute approximate surface area is 155 Å². The van der Waals surface area contributed by atoms with E-state index < -0.39 is 18.7 Å². The van der Waals surface area contributed by atoms with Gasteiger partial charge in [-0.3, -0.25) is 4.79 Å². The van der Waals surface area contributed by atoms with Crippen LogP contribution in [0.5, 0.6) is 11.5 Å². The summed E-state index contributed by atoms with van der Waals surface area (Å²) >= 11 is 11.8. The third-order valence-electron chi connectivity index (χ3n) is 3.28. The van der Waals surface area contributed by atoms with E-state index in [9.17, 15) is 9.59 Å². The Balaban J connectivity index is 1.94. The number of halogens is 2. The molecule has 0 spiro atoms. The molecule has 0 aliphatic heterocycles. The smallest absolute Gasteiger partial charge is 0.347 e. The molecule has 7 heteroatoms. The van der Waals surface area contributed by atoms with Crippen LogP contribution in [-0.4, -0.2) is 31.6 Å². The molecule has 0 amide bonds. The Hall–Kier alpha value is -2.24. The van der Waals surface area contributed by atoms with E-state index in [1.54, 1.807) is 36.4 Å². The van der Waals surface area contributed by atoms with E-state index in [0.29, 0.717) is 22.1 Å². The molecule has 0 aliphatic rings. The molecule has 0 N–H and O–H groups in total. The fourth-order valence-corrected chi connectivity index (χ4v) is 2.47. The number of esters is 1. The predicted molar refractivity (Wildman–Crippen MR) is 94.8 cm³/mol. The van der Waals surface area contributed by atoms with Crippen molar-refractivity contribution in [3.8, 4) is 11.5 Å². The number of carbonyl (C=O) groups is 2. The average Bonchev–Trinajstić information content (AvgIpc) is 2.61.